The Labute approximate surface area is 139 Å². The number of nitrogens with two attached hydrogens (primary N) is 1. The molecule has 2 aromatic rings. The minimum atomic E-state index is -1.06. The number of nitrogen functional groups attached to an aromatic ring is 1. The Balaban J connectivity index is 1.90. The average Bonchev–Trinajstić information content (AvgIpc) is 2.57. The first kappa shape index (κ1) is 16.2. The van der Waals surface area contributed by atoms with E-state index in [-0.39, 0.29) is 18.8 Å². The number of aromatic nitrogens is 2. The van der Waals surface area contributed by atoms with E-state index in [0.29, 0.717) is 36.6 Å². The lowest BCUT2D eigenvalue weighted by Gasteiger charge is -2.40. The molecule has 0 saturated carbocycles. The van der Waals surface area contributed by atoms with E-state index in [1.165, 1.54) is 12.4 Å². The standard InChI is InChI=1S/C17H19FN4O2/c18-13-5-2-1-4-12(13)9-17(16(23)24)6-3-7-22(10-17)15-8-14(19)20-11-21-15/h1-2,4-5,8,11H,3,6-7,9-10H2,(H,23,24)(H2,19,20,21)/t17-/m0/s1. The summed E-state index contributed by atoms with van der Waals surface area (Å²) in [5.41, 5.74) is 5.06. The Bertz CT molecular complexity index is 755. The van der Waals surface area contributed by atoms with Crippen LogP contribution in [0.1, 0.15) is 18.4 Å². The van der Waals surface area contributed by atoms with E-state index >= 15 is 0 Å². The minimum Gasteiger partial charge on any atom is -0.481 e. The number of nitrogens with zero attached hydrogens (tertiary/aromatic N) is 3. The van der Waals surface area contributed by atoms with Gasteiger partial charge in [-0.05, 0) is 30.9 Å². The SMILES string of the molecule is Nc1cc(N2CCC[C@@](Cc3ccccc3F)(C(=O)O)C2)ncn1. The van der Waals surface area contributed by atoms with Crippen molar-refractivity contribution in [3.63, 3.8) is 0 Å². The molecule has 126 valence electrons. The molecule has 7 heteroatoms. The second kappa shape index (κ2) is 6.43. The second-order valence-electron chi connectivity index (χ2n) is 6.18. The fourth-order valence-corrected chi connectivity index (χ4v) is 3.26. The molecule has 1 aliphatic rings. The third-order valence-electron chi connectivity index (χ3n) is 4.52. The summed E-state index contributed by atoms with van der Waals surface area (Å²) >= 11 is 0. The Morgan fingerprint density at radius 1 is 1.38 bits per heavy atom. The number of anilines is 2. The van der Waals surface area contributed by atoms with Crippen molar-refractivity contribution < 1.29 is 14.3 Å². The Morgan fingerprint density at radius 3 is 2.88 bits per heavy atom. The Hall–Kier alpha value is -2.70. The smallest absolute Gasteiger partial charge is 0.311 e. The zero-order chi connectivity index (χ0) is 17.2. The zero-order valence-corrected chi connectivity index (χ0v) is 13.2. The molecule has 0 aliphatic carbocycles. The topological polar surface area (TPSA) is 92.3 Å². The number of halogens is 1. The van der Waals surface area contributed by atoms with E-state index in [1.807, 2.05) is 4.90 Å². The first-order chi connectivity index (χ1) is 11.5. The van der Waals surface area contributed by atoms with Gasteiger partial charge >= 0.3 is 5.97 Å². The van der Waals surface area contributed by atoms with Crippen LogP contribution in [-0.2, 0) is 11.2 Å². The fraction of sp³-hybridized carbons (Fsp3) is 0.353. The first-order valence-electron chi connectivity index (χ1n) is 7.79. The molecular formula is C17H19FN4O2. The van der Waals surface area contributed by atoms with Gasteiger partial charge in [0.05, 0.1) is 5.41 Å². The molecule has 24 heavy (non-hydrogen) atoms. The molecule has 0 unspecified atom stereocenters. The number of carbonyl (C=O) groups is 1. The number of aliphatic carboxylic acids is 1. The normalized spacial score (nSPS) is 20.8. The molecule has 3 rings (SSSR count). The van der Waals surface area contributed by atoms with Gasteiger partial charge in [0.25, 0.3) is 0 Å². The van der Waals surface area contributed by atoms with E-state index in [9.17, 15) is 14.3 Å². The van der Waals surface area contributed by atoms with E-state index in [2.05, 4.69) is 9.97 Å². The summed E-state index contributed by atoms with van der Waals surface area (Å²) < 4.78 is 14.0. The second-order valence-corrected chi connectivity index (χ2v) is 6.18. The highest BCUT2D eigenvalue weighted by molar-refractivity contribution is 5.76. The molecule has 1 saturated heterocycles. The van der Waals surface area contributed by atoms with Gasteiger partial charge in [0, 0.05) is 19.2 Å². The van der Waals surface area contributed by atoms with E-state index in [1.54, 1.807) is 24.3 Å². The van der Waals surface area contributed by atoms with Crippen molar-refractivity contribution in [1.29, 1.82) is 0 Å². The molecule has 1 aliphatic heterocycles. The van der Waals surface area contributed by atoms with Gasteiger partial charge in [-0.1, -0.05) is 18.2 Å². The van der Waals surface area contributed by atoms with Gasteiger partial charge in [0.15, 0.2) is 0 Å². The van der Waals surface area contributed by atoms with Gasteiger partial charge in [-0.2, -0.15) is 0 Å². The van der Waals surface area contributed by atoms with Gasteiger partial charge in [-0.3, -0.25) is 4.79 Å². The third-order valence-corrected chi connectivity index (χ3v) is 4.52. The first-order valence-corrected chi connectivity index (χ1v) is 7.79. The molecule has 1 atom stereocenters. The number of hydrogen-bond acceptors (Lipinski definition) is 5. The van der Waals surface area contributed by atoms with Crippen LogP contribution in [0.3, 0.4) is 0 Å². The Morgan fingerprint density at radius 2 is 2.17 bits per heavy atom. The molecule has 0 bridgehead atoms. The average molecular weight is 330 g/mol. The van der Waals surface area contributed by atoms with Crippen LogP contribution in [0.4, 0.5) is 16.0 Å². The molecule has 2 heterocycles. The number of hydrogen-bond donors (Lipinski definition) is 2. The van der Waals surface area contributed by atoms with Crippen molar-refractivity contribution in [1.82, 2.24) is 9.97 Å². The van der Waals surface area contributed by atoms with Gasteiger partial charge in [0.1, 0.15) is 23.8 Å². The highest BCUT2D eigenvalue weighted by atomic mass is 19.1. The molecule has 3 N–H and O–H groups in total. The summed E-state index contributed by atoms with van der Waals surface area (Å²) in [5.74, 6) is -0.360. The van der Waals surface area contributed by atoms with E-state index in [0.717, 1.165) is 0 Å². The summed E-state index contributed by atoms with van der Waals surface area (Å²) in [5, 5.41) is 9.85. The van der Waals surface area contributed by atoms with Crippen LogP contribution in [0.15, 0.2) is 36.7 Å². The molecular weight excluding hydrogens is 311 g/mol. The van der Waals surface area contributed by atoms with Gasteiger partial charge in [-0.25, -0.2) is 14.4 Å². The predicted octanol–water partition coefficient (Wildman–Crippen LogP) is 2.11. The molecule has 1 aromatic heterocycles. The zero-order valence-electron chi connectivity index (χ0n) is 13.2. The van der Waals surface area contributed by atoms with Crippen molar-refractivity contribution in [3.05, 3.63) is 48.0 Å². The lowest BCUT2D eigenvalue weighted by molar-refractivity contribution is -0.149. The molecule has 6 nitrogen and oxygen atoms in total. The van der Waals surface area contributed by atoms with Crippen LogP contribution in [0.25, 0.3) is 0 Å². The lowest BCUT2D eigenvalue weighted by atomic mass is 9.75. The van der Waals surface area contributed by atoms with Crippen molar-refractivity contribution in [2.75, 3.05) is 23.7 Å². The van der Waals surface area contributed by atoms with Crippen molar-refractivity contribution in [3.8, 4) is 0 Å². The minimum absolute atomic E-state index is 0.145. The van der Waals surface area contributed by atoms with Crippen LogP contribution < -0.4 is 10.6 Å². The monoisotopic (exact) mass is 330 g/mol. The number of rotatable bonds is 4. The fourth-order valence-electron chi connectivity index (χ4n) is 3.26. The highest BCUT2D eigenvalue weighted by Gasteiger charge is 2.43. The largest absolute Gasteiger partial charge is 0.481 e. The number of benzene rings is 1. The van der Waals surface area contributed by atoms with E-state index < -0.39 is 11.4 Å². The lowest BCUT2D eigenvalue weighted by Crippen LogP contribution is -2.49. The maximum absolute atomic E-state index is 14.0. The molecule has 1 aromatic carbocycles. The summed E-state index contributed by atoms with van der Waals surface area (Å²) in [6.45, 7) is 0.940. The van der Waals surface area contributed by atoms with Gasteiger partial charge in [0.2, 0.25) is 0 Å². The summed E-state index contributed by atoms with van der Waals surface area (Å²) in [6.07, 6.45) is 2.68. The van der Waals surface area contributed by atoms with Crippen LogP contribution in [0.2, 0.25) is 0 Å². The third kappa shape index (κ3) is 3.15. The van der Waals surface area contributed by atoms with Crippen LogP contribution in [-0.4, -0.2) is 34.1 Å². The number of carboxylic acid groups (broad SMARTS) is 1. The number of carboxylic acids is 1. The van der Waals surface area contributed by atoms with Gasteiger partial charge < -0.3 is 15.7 Å². The summed E-state index contributed by atoms with van der Waals surface area (Å²) in [7, 11) is 0. The van der Waals surface area contributed by atoms with Crippen molar-refractivity contribution in [2.24, 2.45) is 5.41 Å². The Kier molecular flexibility index (Phi) is 4.33. The number of piperidine rings is 1. The molecule has 1 fully saturated rings. The molecule has 0 radical (unpaired) electrons. The maximum atomic E-state index is 14.0. The van der Waals surface area contributed by atoms with Crippen molar-refractivity contribution in [2.45, 2.75) is 19.3 Å². The summed E-state index contributed by atoms with van der Waals surface area (Å²) in [4.78, 5) is 22.0. The van der Waals surface area contributed by atoms with Crippen LogP contribution in [0, 0.1) is 11.2 Å². The molecule has 0 amide bonds. The van der Waals surface area contributed by atoms with Crippen molar-refractivity contribution >= 4 is 17.6 Å². The van der Waals surface area contributed by atoms with Crippen LogP contribution >= 0.6 is 0 Å². The highest BCUT2D eigenvalue weighted by Crippen LogP contribution is 2.36. The predicted molar refractivity (Wildman–Crippen MR) is 88.1 cm³/mol. The van der Waals surface area contributed by atoms with Gasteiger partial charge in [-0.15, -0.1) is 0 Å². The molecule has 0 spiro atoms. The quantitative estimate of drug-likeness (QED) is 0.892. The van der Waals surface area contributed by atoms with E-state index in [4.69, 9.17) is 5.73 Å². The van der Waals surface area contributed by atoms with Crippen LogP contribution in [0.5, 0.6) is 0 Å². The summed E-state index contributed by atoms with van der Waals surface area (Å²) in [6, 6.07) is 7.95. The maximum Gasteiger partial charge on any atom is 0.311 e.